The van der Waals surface area contributed by atoms with E-state index in [1.807, 2.05) is 38.1 Å². The van der Waals surface area contributed by atoms with Gasteiger partial charge in [-0.1, -0.05) is 74.5 Å². The second-order valence-electron chi connectivity index (χ2n) is 24.0. The standard InChI is InChI=1S/C65H91N13O13/c1-37(2)26-50(55(82)31-43(14-11-23-71-64(68)69-5)61(88)77-54(60(67)87)30-45-35-72-49-16-10-9-15-47(45)49)78-65(91)73-36-58(85)52(28-40-12-7-6-8-13-40)76-63(90)48(38(3)79)33-57(84)53(34-59(66)86)75-62(89)44(27-42-21-24-70-25-22-42)32-56(83)51(74-39(4)80)29-41-17-19-46(81)20-18-41/h6-10,12-13,15-20,35,37-38,42-44,48,50-54,70,72,79,81H,11,14,21-34,36H2,1-5H3,(H2,66,86)(H2,67,87)(H,74,80)(H,75,89)(H,76,90)(H,77,88)(H3,68,69,71)(H2,73,78,91)/t38-,43-,44?,48+,50+,51-,52+,53+,54+/m1/s1. The molecule has 1 saturated heterocycles. The number of nitrogens with one attached hydrogen (secondary N) is 9. The summed E-state index contributed by atoms with van der Waals surface area (Å²) in [6, 6.07) is 14.7. The smallest absolute Gasteiger partial charge is 0.315 e. The third kappa shape index (κ3) is 24.7. The number of para-hydroxylation sites is 1. The van der Waals surface area contributed by atoms with E-state index in [1.165, 1.54) is 33.0 Å². The quantitative estimate of drug-likeness (QED) is 0.0171. The summed E-state index contributed by atoms with van der Waals surface area (Å²) >= 11 is 0. The molecule has 91 heavy (non-hydrogen) atoms. The summed E-state index contributed by atoms with van der Waals surface area (Å²) in [6.07, 6.45) is 0.183. The van der Waals surface area contributed by atoms with E-state index in [9.17, 15) is 63.0 Å². The van der Waals surface area contributed by atoms with Crippen molar-refractivity contribution in [3.63, 3.8) is 0 Å². The monoisotopic (exact) mass is 1260 g/mol. The minimum Gasteiger partial charge on any atom is -0.508 e. The highest BCUT2D eigenvalue weighted by molar-refractivity contribution is 5.99. The van der Waals surface area contributed by atoms with E-state index in [0.29, 0.717) is 50.0 Å². The lowest BCUT2D eigenvalue weighted by Crippen LogP contribution is -2.53. The van der Waals surface area contributed by atoms with Gasteiger partial charge in [0.2, 0.25) is 35.4 Å². The Hall–Kier alpha value is -9.04. The average Bonchev–Trinajstić information content (AvgIpc) is 2.08. The molecule has 5 rings (SSSR count). The molecular formula is C65H91N13O13. The van der Waals surface area contributed by atoms with Crippen molar-refractivity contribution in [2.75, 3.05) is 33.2 Å². The van der Waals surface area contributed by atoms with Crippen molar-refractivity contribution in [1.29, 1.82) is 0 Å². The maximum atomic E-state index is 14.4. The van der Waals surface area contributed by atoms with Gasteiger partial charge < -0.3 is 74.9 Å². The molecule has 1 aliphatic rings. The number of hydrogen-bond acceptors (Lipinski definition) is 15. The molecule has 3 aromatic carbocycles. The molecule has 0 saturated carbocycles. The minimum absolute atomic E-state index is 0.00102. The second-order valence-corrected chi connectivity index (χ2v) is 24.0. The molecule has 1 aliphatic heterocycles. The van der Waals surface area contributed by atoms with E-state index in [-0.39, 0.29) is 74.9 Å². The molecule has 8 amide bonds. The fourth-order valence-electron chi connectivity index (χ4n) is 11.1. The predicted molar refractivity (Wildman–Crippen MR) is 341 cm³/mol. The van der Waals surface area contributed by atoms with Crippen LogP contribution in [0.25, 0.3) is 10.9 Å². The highest BCUT2D eigenvalue weighted by atomic mass is 16.3. The number of primary amides is 2. The molecule has 494 valence electrons. The number of carbonyl (C=O) groups excluding carboxylic acids is 11. The van der Waals surface area contributed by atoms with E-state index in [1.54, 1.807) is 48.7 Å². The Kier molecular flexibility index (Phi) is 29.2. The van der Waals surface area contributed by atoms with Gasteiger partial charge in [0.25, 0.3) is 0 Å². The number of aliphatic hydroxyl groups is 1. The van der Waals surface area contributed by atoms with Crippen LogP contribution in [0.3, 0.4) is 0 Å². The van der Waals surface area contributed by atoms with Crippen LogP contribution in [0, 0.1) is 29.6 Å². The lowest BCUT2D eigenvalue weighted by Gasteiger charge is -2.29. The van der Waals surface area contributed by atoms with Gasteiger partial charge in [0.15, 0.2) is 29.1 Å². The summed E-state index contributed by atoms with van der Waals surface area (Å²) < 4.78 is 0. The molecule has 17 N–H and O–H groups in total. The molecule has 1 unspecified atom stereocenters. The largest absolute Gasteiger partial charge is 0.508 e. The number of aromatic nitrogens is 1. The summed E-state index contributed by atoms with van der Waals surface area (Å²) in [5.41, 5.74) is 20.0. The van der Waals surface area contributed by atoms with Gasteiger partial charge in [-0.15, -0.1) is 0 Å². The predicted octanol–water partition coefficient (Wildman–Crippen LogP) is 1.32. The minimum atomic E-state index is -1.62. The molecule has 2 heterocycles. The zero-order valence-electron chi connectivity index (χ0n) is 52.5. The zero-order valence-corrected chi connectivity index (χ0v) is 52.5. The van der Waals surface area contributed by atoms with Crippen LogP contribution in [0.1, 0.15) is 109 Å². The number of hydrogen-bond donors (Lipinski definition) is 14. The Bertz CT molecular complexity index is 3160. The Balaban J connectivity index is 1.29. The van der Waals surface area contributed by atoms with Gasteiger partial charge >= 0.3 is 6.03 Å². The zero-order chi connectivity index (χ0) is 66.7. The van der Waals surface area contributed by atoms with Crippen molar-refractivity contribution in [3.8, 4) is 5.75 Å². The van der Waals surface area contributed by atoms with Crippen LogP contribution < -0.4 is 59.7 Å². The molecule has 0 radical (unpaired) electrons. The van der Waals surface area contributed by atoms with Crippen molar-refractivity contribution in [3.05, 3.63) is 102 Å². The first-order chi connectivity index (χ1) is 43.3. The molecule has 26 heteroatoms. The first-order valence-corrected chi connectivity index (χ1v) is 30.9. The summed E-state index contributed by atoms with van der Waals surface area (Å²) in [7, 11) is 1.50. The number of rotatable bonds is 38. The Morgan fingerprint density at radius 3 is 1.84 bits per heavy atom. The maximum Gasteiger partial charge on any atom is 0.315 e. The highest BCUT2D eigenvalue weighted by Crippen LogP contribution is 2.27. The average molecular weight is 1260 g/mol. The fourth-order valence-corrected chi connectivity index (χ4v) is 11.1. The molecule has 26 nitrogen and oxygen atoms in total. The van der Waals surface area contributed by atoms with Crippen molar-refractivity contribution >= 4 is 81.5 Å². The van der Waals surface area contributed by atoms with E-state index >= 15 is 0 Å². The summed E-state index contributed by atoms with van der Waals surface area (Å²) in [5.74, 6) is -10.8. The molecule has 0 spiro atoms. The van der Waals surface area contributed by atoms with E-state index in [0.717, 1.165) is 16.5 Å². The second kappa shape index (κ2) is 36.6. The van der Waals surface area contributed by atoms with Gasteiger partial charge in [-0.05, 0) is 118 Å². The lowest BCUT2D eigenvalue weighted by molar-refractivity contribution is -0.138. The van der Waals surface area contributed by atoms with Crippen LogP contribution in [0.2, 0.25) is 0 Å². The molecule has 0 bridgehead atoms. The summed E-state index contributed by atoms with van der Waals surface area (Å²) in [6.45, 7) is 7.08. The molecule has 1 aromatic heterocycles. The number of Topliss-reactive ketones (excluding diaryl/α,β-unsaturated/α-hetero) is 4. The van der Waals surface area contributed by atoms with Crippen LogP contribution in [-0.4, -0.2) is 155 Å². The number of fused-ring (bicyclic) bond motifs is 1. The van der Waals surface area contributed by atoms with E-state index < -0.39 is 138 Å². The first-order valence-electron chi connectivity index (χ1n) is 30.9. The maximum absolute atomic E-state index is 14.4. The number of carbonyl (C=O) groups is 11. The van der Waals surface area contributed by atoms with Crippen LogP contribution in [0.4, 0.5) is 4.79 Å². The van der Waals surface area contributed by atoms with Gasteiger partial charge in [-0.25, -0.2) is 4.79 Å². The number of urea groups is 1. The molecular weight excluding hydrogens is 1170 g/mol. The number of ketones is 4. The van der Waals surface area contributed by atoms with Gasteiger partial charge in [-0.2, -0.15) is 0 Å². The third-order valence-electron chi connectivity index (χ3n) is 16.2. The number of aromatic hydroxyl groups is 1. The number of nitrogens with two attached hydrogens (primary N) is 3. The highest BCUT2D eigenvalue weighted by Gasteiger charge is 2.37. The number of phenolic OH excluding ortho intramolecular Hbond substituents is 1. The number of nitrogens with zero attached hydrogens (tertiary/aromatic N) is 1. The molecule has 0 aliphatic carbocycles. The Labute approximate surface area is 530 Å². The van der Waals surface area contributed by atoms with Gasteiger partial charge in [0, 0.05) is 75.1 Å². The Morgan fingerprint density at radius 2 is 1.21 bits per heavy atom. The van der Waals surface area contributed by atoms with E-state index in [2.05, 4.69) is 52.5 Å². The molecule has 4 aromatic rings. The van der Waals surface area contributed by atoms with Crippen LogP contribution in [-0.2, 0) is 67.2 Å². The van der Waals surface area contributed by atoms with Crippen LogP contribution in [0.15, 0.2) is 90.1 Å². The number of aromatic amines is 1. The number of aliphatic hydroxyl groups excluding tert-OH is 1. The Morgan fingerprint density at radius 1 is 0.626 bits per heavy atom. The number of piperidine rings is 1. The number of benzene rings is 3. The SMILES string of the molecule is CN=C(N)NCCC[C@H](CC(=O)[C@H](CC(C)C)NC(=O)NCC(=O)[C@H](Cc1ccccc1)NC(=O)[C@@H](CC(=O)[C@H](CC(N)=O)NC(=O)C(CC(=O)[C@@H](Cc1ccc(O)cc1)NC(C)=O)CC1CCNCC1)[C@@H](C)O)C(=O)N[C@@H](Cc1c[nH]c2ccccc12)C(N)=O. The van der Waals surface area contributed by atoms with Crippen LogP contribution >= 0.6 is 0 Å². The van der Waals surface area contributed by atoms with Gasteiger partial charge in [0.1, 0.15) is 11.8 Å². The number of H-pyrrole nitrogens is 1. The van der Waals surface area contributed by atoms with Crippen LogP contribution in [0.5, 0.6) is 5.75 Å². The summed E-state index contributed by atoms with van der Waals surface area (Å²) in [5, 5.41) is 43.7. The number of phenols is 1. The van der Waals surface area contributed by atoms with Gasteiger partial charge in [-0.3, -0.25) is 52.9 Å². The van der Waals surface area contributed by atoms with Crippen molar-refractivity contribution in [2.45, 2.75) is 147 Å². The van der Waals surface area contributed by atoms with Crippen molar-refractivity contribution in [2.24, 2.45) is 51.8 Å². The number of aliphatic imine (C=N–C) groups is 1. The fraction of sp³-hybridized carbons (Fsp3) is 0.508. The van der Waals surface area contributed by atoms with Crippen molar-refractivity contribution < 1.29 is 63.0 Å². The lowest BCUT2D eigenvalue weighted by atomic mass is 9.83. The normalized spacial score (nSPS) is 15.7. The number of guanidine groups is 1. The van der Waals surface area contributed by atoms with Crippen molar-refractivity contribution in [1.82, 2.24) is 47.5 Å². The molecule has 9 atom stereocenters. The third-order valence-corrected chi connectivity index (χ3v) is 16.2. The van der Waals surface area contributed by atoms with E-state index in [4.69, 9.17) is 17.2 Å². The summed E-state index contributed by atoms with van der Waals surface area (Å²) in [4.78, 5) is 158. The first kappa shape index (κ1) is 72.7. The number of amides is 8. The van der Waals surface area contributed by atoms with Gasteiger partial charge in [0.05, 0.1) is 49.2 Å². The topological polar surface area (TPSA) is 431 Å². The molecule has 1 fully saturated rings.